The molecule has 0 aliphatic rings. The Kier molecular flexibility index (Phi) is 18.6. The zero-order chi connectivity index (χ0) is 25.9. The van der Waals surface area contributed by atoms with Crippen LogP contribution >= 0.6 is 7.82 Å². The molecule has 1 amide bonds. The molecule has 0 saturated heterocycles. The van der Waals surface area contributed by atoms with E-state index in [1.54, 1.807) is 13.0 Å². The fourth-order valence-electron chi connectivity index (χ4n) is 3.01. The fourth-order valence-corrected chi connectivity index (χ4v) is 3.73. The lowest BCUT2D eigenvalue weighted by atomic mass is 10.1. The fraction of sp³-hybridized carbons (Fsp3) is 0.800. The molecule has 3 unspecified atom stereocenters. The summed E-state index contributed by atoms with van der Waals surface area (Å²) in [5.74, 6) is -0.301. The molecule has 0 aliphatic heterocycles. The second kappa shape index (κ2) is 19.2. The average molecular weight is 505 g/mol. The van der Waals surface area contributed by atoms with E-state index in [0.29, 0.717) is 11.0 Å². The minimum atomic E-state index is -4.54. The Labute approximate surface area is 207 Å². The van der Waals surface area contributed by atoms with Crippen LogP contribution < -0.4 is 10.2 Å². The maximum absolute atomic E-state index is 12.0. The standard InChI is InChI=1S/C25H49N2O6P/c1-6-8-9-10-11-12-13-14-15-16-17-18-19-24(28)23(26-25(29)7-2)22-33-34(30,31)32-21-20-27(3,4)5/h14-15,18-19,23-24,28H,6-13,16-17,20-22H2,1-5H3,(H-,26,29,30,31)/b15-14+,19-18+. The lowest BCUT2D eigenvalue weighted by Crippen LogP contribution is -2.45. The maximum atomic E-state index is 12.0. The molecule has 0 saturated carbocycles. The number of quaternary nitrogens is 1. The molecule has 2 N–H and O–H groups in total. The quantitative estimate of drug-likeness (QED) is 0.105. The number of allylic oxidation sites excluding steroid dienone is 3. The number of carbonyl (C=O) groups excluding carboxylic acids is 1. The summed E-state index contributed by atoms with van der Waals surface area (Å²) in [5.41, 5.74) is 0. The van der Waals surface area contributed by atoms with Crippen molar-refractivity contribution in [3.8, 4) is 0 Å². The highest BCUT2D eigenvalue weighted by Gasteiger charge is 2.22. The summed E-state index contributed by atoms with van der Waals surface area (Å²) >= 11 is 0. The minimum Gasteiger partial charge on any atom is -0.756 e. The van der Waals surface area contributed by atoms with Gasteiger partial charge in [0, 0.05) is 6.42 Å². The van der Waals surface area contributed by atoms with E-state index in [2.05, 4.69) is 24.4 Å². The van der Waals surface area contributed by atoms with Crippen LogP contribution in [0.4, 0.5) is 0 Å². The van der Waals surface area contributed by atoms with Gasteiger partial charge in [0.15, 0.2) is 0 Å². The van der Waals surface area contributed by atoms with Gasteiger partial charge in [0.1, 0.15) is 13.2 Å². The third kappa shape index (κ3) is 20.4. The average Bonchev–Trinajstić information content (AvgIpc) is 2.75. The molecule has 0 aromatic carbocycles. The number of phosphoric acid groups is 1. The highest BCUT2D eigenvalue weighted by molar-refractivity contribution is 7.45. The minimum absolute atomic E-state index is 0.00883. The first-order valence-electron chi connectivity index (χ1n) is 12.7. The van der Waals surface area contributed by atoms with Crippen LogP contribution in [0.5, 0.6) is 0 Å². The highest BCUT2D eigenvalue weighted by Crippen LogP contribution is 2.38. The summed E-state index contributed by atoms with van der Waals surface area (Å²) in [7, 11) is 1.22. The van der Waals surface area contributed by atoms with Crippen LogP contribution in [0.15, 0.2) is 24.3 Å². The second-order valence-corrected chi connectivity index (χ2v) is 11.1. The summed E-state index contributed by atoms with van der Waals surface area (Å²) < 4.78 is 22.4. The number of nitrogens with zero attached hydrogens (tertiary/aromatic N) is 1. The SMILES string of the molecule is CCCCCCCC/C=C/CC/C=C/C(O)C(COP(=O)([O-])OCC[N+](C)(C)C)NC(=O)CC. The van der Waals surface area contributed by atoms with Gasteiger partial charge < -0.3 is 28.8 Å². The van der Waals surface area contributed by atoms with E-state index in [0.717, 1.165) is 19.3 Å². The van der Waals surface area contributed by atoms with Crippen LogP contribution in [-0.4, -0.2) is 68.5 Å². The van der Waals surface area contributed by atoms with Crippen LogP contribution in [0.3, 0.4) is 0 Å². The number of unbranched alkanes of at least 4 members (excludes halogenated alkanes) is 7. The Morgan fingerprint density at radius 3 is 2.26 bits per heavy atom. The van der Waals surface area contributed by atoms with E-state index < -0.39 is 26.6 Å². The molecule has 34 heavy (non-hydrogen) atoms. The number of likely N-dealkylation sites (N-methyl/N-ethyl adjacent to an activating group) is 1. The predicted octanol–water partition coefficient (Wildman–Crippen LogP) is 4.09. The number of rotatable bonds is 21. The number of carbonyl (C=O) groups is 1. The number of hydrogen-bond acceptors (Lipinski definition) is 6. The van der Waals surface area contributed by atoms with Gasteiger partial charge in [0.05, 0.1) is 39.9 Å². The van der Waals surface area contributed by atoms with Gasteiger partial charge in [-0.25, -0.2) is 0 Å². The van der Waals surface area contributed by atoms with Crippen molar-refractivity contribution in [1.29, 1.82) is 0 Å². The normalized spacial score (nSPS) is 16.1. The largest absolute Gasteiger partial charge is 0.756 e. The summed E-state index contributed by atoms with van der Waals surface area (Å²) in [5, 5.41) is 13.1. The third-order valence-corrected chi connectivity index (χ3v) is 6.19. The van der Waals surface area contributed by atoms with Crippen molar-refractivity contribution in [2.24, 2.45) is 0 Å². The first-order valence-corrected chi connectivity index (χ1v) is 14.2. The number of hydrogen-bond donors (Lipinski definition) is 2. The lowest BCUT2D eigenvalue weighted by molar-refractivity contribution is -0.870. The third-order valence-electron chi connectivity index (χ3n) is 5.23. The molecule has 0 bridgehead atoms. The van der Waals surface area contributed by atoms with Crippen molar-refractivity contribution >= 4 is 13.7 Å². The molecule has 3 atom stereocenters. The van der Waals surface area contributed by atoms with Crippen LogP contribution in [-0.2, 0) is 18.4 Å². The molecule has 0 aromatic rings. The molecule has 200 valence electrons. The van der Waals surface area contributed by atoms with E-state index in [1.807, 2.05) is 27.2 Å². The predicted molar refractivity (Wildman–Crippen MR) is 136 cm³/mol. The van der Waals surface area contributed by atoms with Crippen molar-refractivity contribution in [3.05, 3.63) is 24.3 Å². The Morgan fingerprint density at radius 1 is 1.00 bits per heavy atom. The number of phosphoric ester groups is 1. The molecule has 0 fully saturated rings. The van der Waals surface area contributed by atoms with Gasteiger partial charge in [-0.1, -0.05) is 70.3 Å². The van der Waals surface area contributed by atoms with E-state index in [4.69, 9.17) is 9.05 Å². The summed E-state index contributed by atoms with van der Waals surface area (Å²) in [6.07, 6.45) is 17.3. The summed E-state index contributed by atoms with van der Waals surface area (Å²) in [6.45, 7) is 3.98. The number of amides is 1. The Morgan fingerprint density at radius 2 is 1.62 bits per heavy atom. The van der Waals surface area contributed by atoms with Crippen LogP contribution in [0, 0.1) is 0 Å². The highest BCUT2D eigenvalue weighted by atomic mass is 31.2. The Bertz CT molecular complexity index is 633. The zero-order valence-electron chi connectivity index (χ0n) is 22.0. The molecule has 9 heteroatoms. The van der Waals surface area contributed by atoms with E-state index in [-0.39, 0.29) is 18.9 Å². The molecule has 0 spiro atoms. The van der Waals surface area contributed by atoms with Crippen LogP contribution in [0.25, 0.3) is 0 Å². The molecule has 0 rings (SSSR count). The monoisotopic (exact) mass is 504 g/mol. The second-order valence-electron chi connectivity index (χ2n) is 9.64. The molecule has 0 aromatic heterocycles. The molecule has 0 heterocycles. The van der Waals surface area contributed by atoms with E-state index >= 15 is 0 Å². The number of aliphatic hydroxyl groups excluding tert-OH is 1. The van der Waals surface area contributed by atoms with Gasteiger partial charge in [0.25, 0.3) is 7.82 Å². The summed E-state index contributed by atoms with van der Waals surface area (Å²) in [6, 6.07) is -0.892. The van der Waals surface area contributed by atoms with E-state index in [9.17, 15) is 19.4 Å². The van der Waals surface area contributed by atoms with Gasteiger partial charge in [-0.15, -0.1) is 0 Å². The van der Waals surface area contributed by atoms with Crippen molar-refractivity contribution in [2.75, 3.05) is 40.9 Å². The smallest absolute Gasteiger partial charge is 0.268 e. The summed E-state index contributed by atoms with van der Waals surface area (Å²) in [4.78, 5) is 23.8. The van der Waals surface area contributed by atoms with Gasteiger partial charge in [-0.05, 0) is 25.7 Å². The zero-order valence-corrected chi connectivity index (χ0v) is 22.9. The first kappa shape index (κ1) is 33.0. The van der Waals surface area contributed by atoms with Crippen molar-refractivity contribution in [3.63, 3.8) is 0 Å². The topological polar surface area (TPSA) is 108 Å². The molecular weight excluding hydrogens is 455 g/mol. The van der Waals surface area contributed by atoms with Gasteiger partial charge in [0.2, 0.25) is 5.91 Å². The first-order chi connectivity index (χ1) is 16.0. The van der Waals surface area contributed by atoms with Crippen LogP contribution in [0.1, 0.15) is 78.1 Å². The Balaban J connectivity index is 4.43. The lowest BCUT2D eigenvalue weighted by Gasteiger charge is -2.29. The van der Waals surface area contributed by atoms with Crippen molar-refractivity contribution in [1.82, 2.24) is 5.32 Å². The maximum Gasteiger partial charge on any atom is 0.268 e. The number of aliphatic hydroxyl groups is 1. The van der Waals surface area contributed by atoms with Gasteiger partial charge in [-0.3, -0.25) is 9.36 Å². The molecule has 0 radical (unpaired) electrons. The number of nitrogens with one attached hydrogen (secondary N) is 1. The van der Waals surface area contributed by atoms with Crippen molar-refractivity contribution < 1.29 is 32.9 Å². The molecule has 8 nitrogen and oxygen atoms in total. The van der Waals surface area contributed by atoms with E-state index in [1.165, 1.54) is 38.5 Å². The molecule has 0 aliphatic carbocycles. The van der Waals surface area contributed by atoms with Crippen LogP contribution in [0.2, 0.25) is 0 Å². The Hall–Kier alpha value is -1.02. The van der Waals surface area contributed by atoms with Gasteiger partial charge in [-0.2, -0.15) is 0 Å². The van der Waals surface area contributed by atoms with Gasteiger partial charge >= 0.3 is 0 Å². The molecular formula is C25H49N2O6P. The van der Waals surface area contributed by atoms with Crippen molar-refractivity contribution in [2.45, 2.75) is 90.2 Å².